The van der Waals surface area contributed by atoms with Gasteiger partial charge in [-0.15, -0.1) is 0 Å². The average Bonchev–Trinajstić information content (AvgIpc) is 2.93. The largest absolute Gasteiger partial charge is 0.324 e. The van der Waals surface area contributed by atoms with Crippen LogP contribution in [0.4, 0.5) is 4.39 Å². The van der Waals surface area contributed by atoms with E-state index in [1.807, 2.05) is 6.07 Å². The first kappa shape index (κ1) is 9.66. The third-order valence-corrected chi connectivity index (χ3v) is 2.91. The van der Waals surface area contributed by atoms with Gasteiger partial charge in [0.2, 0.25) is 0 Å². The molecule has 0 heterocycles. The van der Waals surface area contributed by atoms with Crippen LogP contribution in [0, 0.1) is 18.7 Å². The summed E-state index contributed by atoms with van der Waals surface area (Å²) < 4.78 is 13.2. The zero-order valence-electron chi connectivity index (χ0n) is 8.46. The van der Waals surface area contributed by atoms with Crippen LogP contribution < -0.4 is 5.73 Å². The molecule has 0 bridgehead atoms. The molecule has 2 rings (SSSR count). The Morgan fingerprint density at radius 2 is 2.21 bits per heavy atom. The van der Waals surface area contributed by atoms with Crippen LogP contribution in [0.1, 0.15) is 36.4 Å². The number of nitrogens with two attached hydrogens (primary N) is 1. The second-order valence-electron chi connectivity index (χ2n) is 4.29. The summed E-state index contributed by atoms with van der Waals surface area (Å²) in [7, 11) is 0. The normalized spacial score (nSPS) is 18.2. The molecule has 2 N–H and O–H groups in total. The first-order valence-corrected chi connectivity index (χ1v) is 5.18. The summed E-state index contributed by atoms with van der Waals surface area (Å²) in [6.45, 7) is 1.77. The van der Waals surface area contributed by atoms with Crippen molar-refractivity contribution in [3.8, 4) is 0 Å². The topological polar surface area (TPSA) is 26.0 Å². The average molecular weight is 193 g/mol. The summed E-state index contributed by atoms with van der Waals surface area (Å²) in [6.07, 6.45) is 3.59. The van der Waals surface area contributed by atoms with Gasteiger partial charge >= 0.3 is 0 Å². The smallest absolute Gasteiger partial charge is 0.126 e. The maximum Gasteiger partial charge on any atom is 0.126 e. The lowest BCUT2D eigenvalue weighted by Gasteiger charge is -2.11. The van der Waals surface area contributed by atoms with Gasteiger partial charge in [-0.1, -0.05) is 25.0 Å². The molecular formula is C12H16FN. The lowest BCUT2D eigenvalue weighted by atomic mass is 10.0. The molecular weight excluding hydrogens is 177 g/mol. The highest BCUT2D eigenvalue weighted by Gasteiger charge is 2.24. The van der Waals surface area contributed by atoms with Crippen molar-refractivity contribution in [2.45, 2.75) is 32.2 Å². The molecule has 1 aromatic rings. The Morgan fingerprint density at radius 1 is 1.50 bits per heavy atom. The molecule has 0 spiro atoms. The summed E-state index contributed by atoms with van der Waals surface area (Å²) in [6, 6.07) is 5.32. The van der Waals surface area contributed by atoms with Crippen LogP contribution in [0.2, 0.25) is 0 Å². The molecule has 14 heavy (non-hydrogen) atoms. The molecule has 76 valence electrons. The number of benzene rings is 1. The monoisotopic (exact) mass is 193 g/mol. The molecule has 0 aliphatic heterocycles. The quantitative estimate of drug-likeness (QED) is 0.784. The molecule has 1 nitrogen and oxygen atoms in total. The predicted octanol–water partition coefficient (Wildman–Crippen LogP) is 2.93. The fraction of sp³-hybridized carbons (Fsp3) is 0.500. The van der Waals surface area contributed by atoms with Crippen molar-refractivity contribution in [2.75, 3.05) is 0 Å². The molecule has 1 unspecified atom stereocenters. The maximum atomic E-state index is 13.2. The van der Waals surface area contributed by atoms with Crippen molar-refractivity contribution in [3.63, 3.8) is 0 Å². The summed E-state index contributed by atoms with van der Waals surface area (Å²) in [5.74, 6) is 0.642. The van der Waals surface area contributed by atoms with E-state index in [0.717, 1.165) is 17.9 Å². The van der Waals surface area contributed by atoms with Crippen molar-refractivity contribution in [2.24, 2.45) is 11.7 Å². The zero-order valence-corrected chi connectivity index (χ0v) is 8.46. The van der Waals surface area contributed by atoms with Gasteiger partial charge in [-0.25, -0.2) is 4.39 Å². The van der Waals surface area contributed by atoms with Gasteiger partial charge in [0.15, 0.2) is 0 Å². The SMILES string of the molecule is Cc1ccc(C(N)CC2CC2)cc1F. The summed E-state index contributed by atoms with van der Waals surface area (Å²) in [4.78, 5) is 0. The third kappa shape index (κ3) is 2.13. The van der Waals surface area contributed by atoms with Gasteiger partial charge in [0.1, 0.15) is 5.82 Å². The van der Waals surface area contributed by atoms with Gasteiger partial charge in [-0.05, 0) is 36.5 Å². The number of aryl methyl sites for hydroxylation is 1. The zero-order chi connectivity index (χ0) is 10.1. The van der Waals surface area contributed by atoms with Gasteiger partial charge < -0.3 is 5.73 Å². The van der Waals surface area contributed by atoms with Crippen LogP contribution in [0.25, 0.3) is 0 Å². The molecule has 0 aromatic heterocycles. The van der Waals surface area contributed by atoms with Crippen molar-refractivity contribution in [1.29, 1.82) is 0 Å². The second-order valence-corrected chi connectivity index (χ2v) is 4.29. The number of rotatable bonds is 3. The predicted molar refractivity (Wildman–Crippen MR) is 55.4 cm³/mol. The van der Waals surface area contributed by atoms with Gasteiger partial charge in [0.05, 0.1) is 0 Å². The molecule has 0 radical (unpaired) electrons. The van der Waals surface area contributed by atoms with E-state index in [4.69, 9.17) is 5.73 Å². The minimum atomic E-state index is -0.145. The van der Waals surface area contributed by atoms with Crippen molar-refractivity contribution in [1.82, 2.24) is 0 Å². The molecule has 1 aliphatic carbocycles. The van der Waals surface area contributed by atoms with Crippen molar-refractivity contribution in [3.05, 3.63) is 35.1 Å². The fourth-order valence-electron chi connectivity index (χ4n) is 1.69. The first-order chi connectivity index (χ1) is 6.66. The van der Waals surface area contributed by atoms with Crippen molar-refractivity contribution < 1.29 is 4.39 Å². The Bertz CT molecular complexity index is 331. The number of hydrogen-bond acceptors (Lipinski definition) is 1. The van der Waals surface area contributed by atoms with Gasteiger partial charge in [0, 0.05) is 6.04 Å². The molecule has 1 fully saturated rings. The Hall–Kier alpha value is -0.890. The van der Waals surface area contributed by atoms with Crippen LogP contribution in [0.5, 0.6) is 0 Å². The van der Waals surface area contributed by atoms with Crippen LogP contribution in [-0.4, -0.2) is 0 Å². The Balaban J connectivity index is 2.10. The molecule has 1 aliphatic rings. The number of hydrogen-bond donors (Lipinski definition) is 1. The van der Waals surface area contributed by atoms with E-state index in [2.05, 4.69) is 0 Å². The van der Waals surface area contributed by atoms with Gasteiger partial charge in [0.25, 0.3) is 0 Å². The van der Waals surface area contributed by atoms with Gasteiger partial charge in [-0.2, -0.15) is 0 Å². The Kier molecular flexibility index (Phi) is 2.55. The Morgan fingerprint density at radius 3 is 2.79 bits per heavy atom. The van der Waals surface area contributed by atoms with Crippen LogP contribution in [0.15, 0.2) is 18.2 Å². The molecule has 1 aromatic carbocycles. The highest BCUT2D eigenvalue weighted by atomic mass is 19.1. The fourth-order valence-corrected chi connectivity index (χ4v) is 1.69. The minimum absolute atomic E-state index is 0.0117. The van der Waals surface area contributed by atoms with E-state index in [-0.39, 0.29) is 11.9 Å². The first-order valence-electron chi connectivity index (χ1n) is 5.18. The Labute approximate surface area is 84.1 Å². The summed E-state index contributed by atoms with van der Waals surface area (Å²) >= 11 is 0. The standard InChI is InChI=1S/C12H16FN/c1-8-2-5-10(7-11(8)13)12(14)6-9-3-4-9/h2,5,7,9,12H,3-4,6,14H2,1H3. The highest BCUT2D eigenvalue weighted by Crippen LogP contribution is 2.36. The summed E-state index contributed by atoms with van der Waals surface area (Å²) in [5, 5.41) is 0. The molecule has 2 heteroatoms. The lowest BCUT2D eigenvalue weighted by Crippen LogP contribution is -2.11. The van der Waals surface area contributed by atoms with E-state index >= 15 is 0 Å². The molecule has 0 saturated heterocycles. The van der Waals surface area contributed by atoms with E-state index in [1.165, 1.54) is 12.8 Å². The van der Waals surface area contributed by atoms with E-state index in [1.54, 1.807) is 19.1 Å². The van der Waals surface area contributed by atoms with Crippen LogP contribution >= 0.6 is 0 Å². The van der Waals surface area contributed by atoms with Gasteiger partial charge in [-0.3, -0.25) is 0 Å². The molecule has 1 saturated carbocycles. The number of halogens is 1. The molecule has 0 amide bonds. The lowest BCUT2D eigenvalue weighted by molar-refractivity contribution is 0.580. The van der Waals surface area contributed by atoms with E-state index in [0.29, 0.717) is 5.56 Å². The highest BCUT2D eigenvalue weighted by molar-refractivity contribution is 5.25. The third-order valence-electron chi connectivity index (χ3n) is 2.91. The molecule has 1 atom stereocenters. The summed E-state index contributed by atoms with van der Waals surface area (Å²) in [5.41, 5.74) is 7.61. The van der Waals surface area contributed by atoms with Crippen molar-refractivity contribution >= 4 is 0 Å². The van der Waals surface area contributed by atoms with Crippen LogP contribution in [0.3, 0.4) is 0 Å². The second kappa shape index (κ2) is 3.70. The maximum absolute atomic E-state index is 13.2. The minimum Gasteiger partial charge on any atom is -0.324 e. The van der Waals surface area contributed by atoms with E-state index < -0.39 is 0 Å². The van der Waals surface area contributed by atoms with E-state index in [9.17, 15) is 4.39 Å². The van der Waals surface area contributed by atoms with Crippen LogP contribution in [-0.2, 0) is 0 Å².